The van der Waals surface area contributed by atoms with Gasteiger partial charge in [-0.3, -0.25) is 4.79 Å². The average Bonchev–Trinajstić information content (AvgIpc) is 2.88. The highest BCUT2D eigenvalue weighted by Gasteiger charge is 2.17. The number of carbonyl (C=O) groups excluding carboxylic acids is 1. The molecule has 2 heteroatoms. The van der Waals surface area contributed by atoms with Gasteiger partial charge in [0.2, 0.25) is 0 Å². The molecule has 0 aromatic carbocycles. The van der Waals surface area contributed by atoms with Crippen molar-refractivity contribution in [2.75, 3.05) is 6.61 Å². The fourth-order valence-electron chi connectivity index (χ4n) is 5.31. The lowest BCUT2D eigenvalue weighted by Gasteiger charge is -2.19. The molecule has 0 aliphatic rings. The second-order valence-corrected chi connectivity index (χ2v) is 11.8. The molecule has 0 heterocycles. The Labute approximate surface area is 228 Å². The number of hydrogen-bond acceptors (Lipinski definition) is 2. The molecule has 0 bridgehead atoms. The molecule has 0 rings (SSSR count). The van der Waals surface area contributed by atoms with Crippen molar-refractivity contribution in [1.29, 1.82) is 0 Å². The molecule has 0 aromatic rings. The number of unbranched alkanes of at least 4 members (excludes halogenated alkanes) is 20. The summed E-state index contributed by atoms with van der Waals surface area (Å²) in [5.74, 6) is 0.681. The van der Waals surface area contributed by atoms with Crippen LogP contribution in [-0.2, 0) is 9.53 Å². The smallest absolute Gasteiger partial charge is 0.308 e. The first-order chi connectivity index (χ1) is 17.7. The third-order valence-corrected chi connectivity index (χ3v) is 8.04. The summed E-state index contributed by atoms with van der Waals surface area (Å²) in [4.78, 5) is 12.6. The van der Waals surface area contributed by atoms with Gasteiger partial charge in [0.05, 0.1) is 12.5 Å². The summed E-state index contributed by atoms with van der Waals surface area (Å²) in [6.07, 6.45) is 34.7. The number of carbonyl (C=O) groups is 1. The summed E-state index contributed by atoms with van der Waals surface area (Å²) < 4.78 is 5.82. The molecule has 36 heavy (non-hydrogen) atoms. The molecule has 0 radical (unpaired) electrons. The second-order valence-electron chi connectivity index (χ2n) is 11.8. The van der Waals surface area contributed by atoms with Crippen molar-refractivity contribution in [2.45, 2.75) is 195 Å². The molecular weight excluding hydrogens is 440 g/mol. The van der Waals surface area contributed by atoms with E-state index in [0.29, 0.717) is 12.5 Å². The fraction of sp³-hybridized carbons (Fsp3) is 0.971. The molecule has 0 saturated carbocycles. The average molecular weight is 509 g/mol. The van der Waals surface area contributed by atoms with E-state index in [2.05, 4.69) is 27.7 Å². The van der Waals surface area contributed by atoms with Crippen LogP contribution >= 0.6 is 0 Å². The zero-order valence-corrected chi connectivity index (χ0v) is 25.6. The van der Waals surface area contributed by atoms with Crippen LogP contribution in [0.15, 0.2) is 0 Å². The molecule has 2 nitrogen and oxygen atoms in total. The molecule has 0 N–H and O–H groups in total. The van der Waals surface area contributed by atoms with E-state index in [4.69, 9.17) is 4.74 Å². The van der Waals surface area contributed by atoms with Crippen molar-refractivity contribution >= 4 is 5.97 Å². The topological polar surface area (TPSA) is 26.3 Å². The van der Waals surface area contributed by atoms with E-state index in [9.17, 15) is 4.79 Å². The summed E-state index contributed by atoms with van der Waals surface area (Å²) in [5, 5.41) is 0. The van der Waals surface area contributed by atoms with Gasteiger partial charge in [0.15, 0.2) is 0 Å². The fourth-order valence-corrected chi connectivity index (χ4v) is 5.31. The van der Waals surface area contributed by atoms with E-state index < -0.39 is 0 Å². The van der Waals surface area contributed by atoms with Gasteiger partial charge >= 0.3 is 5.97 Å². The Balaban J connectivity index is 3.76. The Hall–Kier alpha value is -0.530. The molecule has 216 valence electrons. The van der Waals surface area contributed by atoms with E-state index >= 15 is 0 Å². The maximum atomic E-state index is 12.6. The Morgan fingerprint density at radius 2 is 0.778 bits per heavy atom. The van der Waals surface area contributed by atoms with Crippen molar-refractivity contribution in [2.24, 2.45) is 11.8 Å². The van der Waals surface area contributed by atoms with E-state index in [0.717, 1.165) is 6.42 Å². The number of hydrogen-bond donors (Lipinski definition) is 0. The highest BCUT2D eigenvalue weighted by molar-refractivity contribution is 5.71. The third-order valence-electron chi connectivity index (χ3n) is 8.04. The van der Waals surface area contributed by atoms with Crippen molar-refractivity contribution in [3.05, 3.63) is 0 Å². The Morgan fingerprint density at radius 1 is 0.472 bits per heavy atom. The van der Waals surface area contributed by atoms with Gasteiger partial charge in [-0.1, -0.05) is 175 Å². The van der Waals surface area contributed by atoms with Crippen LogP contribution in [0.25, 0.3) is 0 Å². The minimum absolute atomic E-state index is 0.0492. The lowest BCUT2D eigenvalue weighted by molar-refractivity contribution is -0.149. The highest BCUT2D eigenvalue weighted by Crippen LogP contribution is 2.21. The monoisotopic (exact) mass is 509 g/mol. The first-order valence-corrected chi connectivity index (χ1v) is 16.8. The van der Waals surface area contributed by atoms with Crippen molar-refractivity contribution in [1.82, 2.24) is 0 Å². The quantitative estimate of drug-likeness (QED) is 0.0741. The number of rotatable bonds is 29. The Bertz CT molecular complexity index is 433. The molecule has 0 spiro atoms. The number of esters is 1. The van der Waals surface area contributed by atoms with Crippen LogP contribution in [0.1, 0.15) is 195 Å². The first-order valence-electron chi connectivity index (χ1n) is 16.8. The zero-order valence-electron chi connectivity index (χ0n) is 25.6. The molecule has 2 atom stereocenters. The maximum absolute atomic E-state index is 12.6. The molecule has 0 aliphatic heterocycles. The summed E-state index contributed by atoms with van der Waals surface area (Å²) in [5.41, 5.74) is 0. The summed E-state index contributed by atoms with van der Waals surface area (Å²) in [7, 11) is 0. The number of ether oxygens (including phenoxy) is 1. The van der Waals surface area contributed by atoms with Crippen molar-refractivity contribution < 1.29 is 9.53 Å². The van der Waals surface area contributed by atoms with Crippen LogP contribution in [0, 0.1) is 11.8 Å². The molecule has 0 fully saturated rings. The van der Waals surface area contributed by atoms with Crippen molar-refractivity contribution in [3.63, 3.8) is 0 Å². The van der Waals surface area contributed by atoms with E-state index in [-0.39, 0.29) is 11.9 Å². The van der Waals surface area contributed by atoms with Gasteiger partial charge in [-0.05, 0) is 25.2 Å². The lowest BCUT2D eigenvalue weighted by atomic mass is 9.95. The molecule has 0 amide bonds. The zero-order chi connectivity index (χ0) is 26.5. The largest absolute Gasteiger partial charge is 0.465 e. The van der Waals surface area contributed by atoms with Crippen LogP contribution in [0.4, 0.5) is 0 Å². The molecule has 2 unspecified atom stereocenters. The van der Waals surface area contributed by atoms with Crippen molar-refractivity contribution in [3.8, 4) is 0 Å². The van der Waals surface area contributed by atoms with E-state index in [1.54, 1.807) is 0 Å². The van der Waals surface area contributed by atoms with E-state index in [1.165, 1.54) is 161 Å². The predicted molar refractivity (Wildman–Crippen MR) is 161 cm³/mol. The van der Waals surface area contributed by atoms with Gasteiger partial charge in [-0.15, -0.1) is 0 Å². The van der Waals surface area contributed by atoms with Crippen LogP contribution in [-0.4, -0.2) is 12.6 Å². The summed E-state index contributed by atoms with van der Waals surface area (Å²) in [6, 6.07) is 0. The van der Waals surface area contributed by atoms with Crippen LogP contribution in [0.5, 0.6) is 0 Å². The summed E-state index contributed by atoms with van der Waals surface area (Å²) >= 11 is 0. The standard InChI is InChI=1S/C34H68O2/c1-5-8-11-13-15-16-17-18-19-20-21-22-23-26-28-32(4)34(35)36-31-33(29-25-10-7-3)30-27-24-14-12-9-6-2/h32-33H,5-31H2,1-4H3. The van der Waals surface area contributed by atoms with Crippen LogP contribution in [0.2, 0.25) is 0 Å². The highest BCUT2D eigenvalue weighted by atomic mass is 16.5. The molecular formula is C34H68O2. The molecule has 0 aromatic heterocycles. The Kier molecular flexibility index (Phi) is 28.6. The van der Waals surface area contributed by atoms with Gasteiger partial charge in [0.1, 0.15) is 0 Å². The first kappa shape index (κ1) is 35.5. The molecule has 0 saturated heterocycles. The predicted octanol–water partition coefficient (Wildman–Crippen LogP) is 12.0. The SMILES string of the molecule is CCCCCCCCCCCCCCCCC(C)C(=O)OCC(CCCCC)CCCCCCCC. The lowest BCUT2D eigenvalue weighted by Crippen LogP contribution is -2.19. The van der Waals surface area contributed by atoms with Crippen LogP contribution in [0.3, 0.4) is 0 Å². The van der Waals surface area contributed by atoms with Gasteiger partial charge in [-0.25, -0.2) is 0 Å². The van der Waals surface area contributed by atoms with E-state index in [1.807, 2.05) is 0 Å². The molecule has 0 aliphatic carbocycles. The third kappa shape index (κ3) is 25.1. The van der Waals surface area contributed by atoms with Gasteiger partial charge < -0.3 is 4.74 Å². The minimum atomic E-state index is 0.0492. The van der Waals surface area contributed by atoms with Gasteiger partial charge in [-0.2, -0.15) is 0 Å². The Morgan fingerprint density at radius 3 is 1.19 bits per heavy atom. The second kappa shape index (κ2) is 29.0. The van der Waals surface area contributed by atoms with Crippen LogP contribution < -0.4 is 0 Å². The maximum Gasteiger partial charge on any atom is 0.308 e. The summed E-state index contributed by atoms with van der Waals surface area (Å²) in [6.45, 7) is 9.56. The van der Waals surface area contributed by atoms with Gasteiger partial charge in [0.25, 0.3) is 0 Å². The minimum Gasteiger partial charge on any atom is -0.465 e. The normalized spacial score (nSPS) is 13.1. The van der Waals surface area contributed by atoms with Gasteiger partial charge in [0, 0.05) is 0 Å².